The van der Waals surface area contributed by atoms with Crippen LogP contribution in [0.3, 0.4) is 0 Å². The Labute approximate surface area is 170 Å². The monoisotopic (exact) mass is 454 g/mol. The first kappa shape index (κ1) is 19.9. The Bertz CT molecular complexity index is 889. The van der Waals surface area contributed by atoms with Crippen molar-refractivity contribution in [1.29, 1.82) is 0 Å². The number of alkyl halides is 3. The van der Waals surface area contributed by atoms with Crippen LogP contribution in [0.1, 0.15) is 36.5 Å². The lowest BCUT2D eigenvalue weighted by atomic mass is 9.62. The van der Waals surface area contributed by atoms with E-state index in [0.717, 1.165) is 4.47 Å². The number of aliphatic hydroxyl groups is 1. The van der Waals surface area contributed by atoms with Gasteiger partial charge in [-0.3, -0.25) is 4.98 Å². The van der Waals surface area contributed by atoms with E-state index < -0.39 is 22.6 Å². The van der Waals surface area contributed by atoms with E-state index in [1.807, 2.05) is 20.0 Å². The molecule has 4 rings (SSSR count). The summed E-state index contributed by atoms with van der Waals surface area (Å²) in [5.41, 5.74) is -2.07. The highest BCUT2D eigenvalue weighted by atomic mass is 79.9. The molecule has 2 aliphatic rings. The number of halogens is 4. The van der Waals surface area contributed by atoms with Crippen LogP contribution in [0.15, 0.2) is 47.2 Å². The summed E-state index contributed by atoms with van der Waals surface area (Å²) in [4.78, 5) is 6.30. The Morgan fingerprint density at radius 1 is 1.07 bits per heavy atom. The van der Waals surface area contributed by atoms with E-state index in [0.29, 0.717) is 24.2 Å². The zero-order valence-electron chi connectivity index (χ0n) is 15.7. The molecule has 0 amide bonds. The second-order valence-corrected chi connectivity index (χ2v) is 9.41. The molecule has 7 heteroatoms. The van der Waals surface area contributed by atoms with E-state index in [2.05, 4.69) is 25.8 Å². The molecule has 0 spiro atoms. The first-order valence-corrected chi connectivity index (χ1v) is 10.0. The molecule has 1 saturated heterocycles. The molecule has 1 saturated carbocycles. The number of likely N-dealkylation sites (tertiary alicyclic amines) is 1. The Morgan fingerprint density at radius 2 is 1.68 bits per heavy atom. The topological polar surface area (TPSA) is 36.4 Å². The maximum absolute atomic E-state index is 13.5. The molecular weight excluding hydrogens is 433 g/mol. The molecular formula is C21H22BrF3N2O. The van der Waals surface area contributed by atoms with Gasteiger partial charge in [0.05, 0.1) is 5.41 Å². The number of benzene rings is 1. The molecule has 2 fully saturated rings. The van der Waals surface area contributed by atoms with Crippen molar-refractivity contribution in [2.24, 2.45) is 5.41 Å². The molecule has 2 aromatic rings. The van der Waals surface area contributed by atoms with E-state index in [1.54, 1.807) is 24.5 Å². The van der Waals surface area contributed by atoms with Gasteiger partial charge >= 0.3 is 6.18 Å². The molecule has 1 N–H and O–H groups in total. The lowest BCUT2D eigenvalue weighted by Gasteiger charge is -2.55. The number of hydrogen-bond donors (Lipinski definition) is 1. The Morgan fingerprint density at radius 3 is 2.14 bits per heavy atom. The number of hydrogen-bond acceptors (Lipinski definition) is 3. The second kappa shape index (κ2) is 6.28. The lowest BCUT2D eigenvalue weighted by molar-refractivity contribution is -0.160. The van der Waals surface area contributed by atoms with Crippen molar-refractivity contribution >= 4 is 15.9 Å². The molecule has 28 heavy (non-hydrogen) atoms. The summed E-state index contributed by atoms with van der Waals surface area (Å²) in [6.45, 7) is 3.34. The van der Waals surface area contributed by atoms with Gasteiger partial charge in [0.15, 0.2) is 0 Å². The zero-order valence-corrected chi connectivity index (χ0v) is 17.3. The van der Waals surface area contributed by atoms with Gasteiger partial charge in [0, 0.05) is 40.9 Å². The van der Waals surface area contributed by atoms with Crippen molar-refractivity contribution in [3.63, 3.8) is 0 Å². The van der Waals surface area contributed by atoms with Gasteiger partial charge in [-0.15, -0.1) is 0 Å². The normalized spacial score (nSPS) is 23.0. The fourth-order valence-electron chi connectivity index (χ4n) is 4.74. The molecule has 0 bridgehead atoms. The average Bonchev–Trinajstić information content (AvgIpc) is 3.42. The van der Waals surface area contributed by atoms with Crippen LogP contribution in [0.25, 0.3) is 0 Å². The van der Waals surface area contributed by atoms with Crippen LogP contribution < -0.4 is 0 Å². The maximum Gasteiger partial charge on any atom is 0.398 e. The minimum atomic E-state index is -4.25. The van der Waals surface area contributed by atoms with Gasteiger partial charge in [-0.05, 0) is 53.0 Å². The van der Waals surface area contributed by atoms with Gasteiger partial charge in [0.25, 0.3) is 0 Å². The predicted octanol–water partition coefficient (Wildman–Crippen LogP) is 4.63. The summed E-state index contributed by atoms with van der Waals surface area (Å²) in [6.07, 6.45) is -0.735. The highest BCUT2D eigenvalue weighted by molar-refractivity contribution is 9.10. The summed E-state index contributed by atoms with van der Waals surface area (Å²) in [5.74, 6) is 0. The van der Waals surface area contributed by atoms with Gasteiger partial charge < -0.3 is 10.0 Å². The number of rotatable bonds is 4. The zero-order chi connectivity index (χ0) is 20.4. The third kappa shape index (κ3) is 2.82. The number of nitrogens with zero attached hydrogens (tertiary/aromatic N) is 2. The highest BCUT2D eigenvalue weighted by Gasteiger charge is 2.64. The van der Waals surface area contributed by atoms with E-state index in [1.165, 1.54) is 12.1 Å². The quantitative estimate of drug-likeness (QED) is 0.731. The van der Waals surface area contributed by atoms with E-state index in [9.17, 15) is 18.3 Å². The van der Waals surface area contributed by atoms with Crippen LogP contribution in [0.2, 0.25) is 0 Å². The first-order valence-electron chi connectivity index (χ1n) is 9.22. The SMILES string of the molecule is CN1CC(C)([C@](O)(c2ccc(C3(C(F)(F)F)CC3)cc2)c2cncc(Br)c2)C1. The minimum Gasteiger partial charge on any atom is -0.380 e. The van der Waals surface area contributed by atoms with Crippen LogP contribution in [0, 0.1) is 5.41 Å². The number of pyridine rings is 1. The molecule has 0 radical (unpaired) electrons. The second-order valence-electron chi connectivity index (χ2n) is 8.49. The molecule has 150 valence electrons. The van der Waals surface area contributed by atoms with Crippen LogP contribution in [0.4, 0.5) is 13.2 Å². The van der Waals surface area contributed by atoms with Crippen LogP contribution >= 0.6 is 15.9 Å². The Kier molecular flexibility index (Phi) is 4.45. The Balaban J connectivity index is 1.78. The molecule has 1 aromatic heterocycles. The summed E-state index contributed by atoms with van der Waals surface area (Å²) in [5, 5.41) is 11.9. The van der Waals surface area contributed by atoms with Crippen LogP contribution in [-0.4, -0.2) is 41.3 Å². The summed E-state index contributed by atoms with van der Waals surface area (Å²) >= 11 is 3.40. The van der Waals surface area contributed by atoms with E-state index in [-0.39, 0.29) is 18.4 Å². The van der Waals surface area contributed by atoms with Crippen LogP contribution in [0.5, 0.6) is 0 Å². The van der Waals surface area contributed by atoms with Crippen molar-refractivity contribution in [1.82, 2.24) is 9.88 Å². The smallest absolute Gasteiger partial charge is 0.380 e. The van der Waals surface area contributed by atoms with Gasteiger partial charge in [0.1, 0.15) is 5.60 Å². The minimum absolute atomic E-state index is 0.123. The van der Waals surface area contributed by atoms with Crippen molar-refractivity contribution in [2.45, 2.75) is 37.0 Å². The van der Waals surface area contributed by atoms with Gasteiger partial charge in [0.2, 0.25) is 0 Å². The lowest BCUT2D eigenvalue weighted by Crippen LogP contribution is -2.63. The largest absolute Gasteiger partial charge is 0.398 e. The van der Waals surface area contributed by atoms with E-state index in [4.69, 9.17) is 0 Å². The fraction of sp³-hybridized carbons (Fsp3) is 0.476. The van der Waals surface area contributed by atoms with Crippen molar-refractivity contribution in [3.8, 4) is 0 Å². The summed E-state index contributed by atoms with van der Waals surface area (Å²) in [6, 6.07) is 8.16. The average molecular weight is 455 g/mol. The number of aromatic nitrogens is 1. The molecule has 2 heterocycles. The third-order valence-electron chi connectivity index (χ3n) is 6.38. The molecule has 0 unspecified atom stereocenters. The first-order chi connectivity index (χ1) is 13.0. The van der Waals surface area contributed by atoms with Gasteiger partial charge in [-0.1, -0.05) is 31.2 Å². The van der Waals surface area contributed by atoms with E-state index >= 15 is 0 Å². The molecule has 3 nitrogen and oxygen atoms in total. The molecule has 1 aliphatic heterocycles. The van der Waals surface area contributed by atoms with Crippen molar-refractivity contribution in [3.05, 3.63) is 63.9 Å². The molecule has 1 atom stereocenters. The summed E-state index contributed by atoms with van der Waals surface area (Å²) < 4.78 is 41.1. The summed E-state index contributed by atoms with van der Waals surface area (Å²) in [7, 11) is 1.98. The fourth-order valence-corrected chi connectivity index (χ4v) is 5.10. The van der Waals surface area contributed by atoms with Gasteiger partial charge in [-0.25, -0.2) is 0 Å². The van der Waals surface area contributed by atoms with Gasteiger partial charge in [-0.2, -0.15) is 13.2 Å². The molecule has 1 aliphatic carbocycles. The van der Waals surface area contributed by atoms with Crippen LogP contribution in [-0.2, 0) is 11.0 Å². The standard InChI is InChI=1S/C21H22BrF3N2O/c1-18(12-27(2)13-18)20(28,16-9-17(22)11-26-10-16)15-5-3-14(4-6-15)19(7-8-19)21(23,24)25/h3-6,9-11,28H,7-8,12-13H2,1-2H3/t20-/m0/s1. The molecule has 1 aromatic carbocycles. The van der Waals surface area contributed by atoms with Crippen molar-refractivity contribution in [2.75, 3.05) is 20.1 Å². The Hall–Kier alpha value is -1.44. The third-order valence-corrected chi connectivity index (χ3v) is 6.82. The predicted molar refractivity (Wildman–Crippen MR) is 104 cm³/mol. The highest BCUT2D eigenvalue weighted by Crippen LogP contribution is 2.59. The van der Waals surface area contributed by atoms with Crippen molar-refractivity contribution < 1.29 is 18.3 Å². The maximum atomic E-state index is 13.5.